The summed E-state index contributed by atoms with van der Waals surface area (Å²) >= 11 is 0. The molecule has 1 aliphatic heterocycles. The molecule has 1 saturated heterocycles. The van der Waals surface area contributed by atoms with Crippen LogP contribution in [-0.4, -0.2) is 44.6 Å². The number of aromatic nitrogens is 2. The minimum atomic E-state index is -0.579. The Morgan fingerprint density at radius 2 is 1.83 bits per heavy atom. The van der Waals surface area contributed by atoms with Crippen molar-refractivity contribution in [2.75, 3.05) is 18.4 Å². The molecule has 0 spiro atoms. The average Bonchev–Trinajstić information content (AvgIpc) is 3.51. The number of hydrogen-bond acceptors (Lipinski definition) is 8. The number of nitrogens with one attached hydrogen (secondary N) is 1. The molecule has 2 unspecified atom stereocenters. The van der Waals surface area contributed by atoms with E-state index in [1.54, 1.807) is 11.0 Å². The van der Waals surface area contributed by atoms with Gasteiger partial charge in [-0.25, -0.2) is 14.8 Å². The van der Waals surface area contributed by atoms with Gasteiger partial charge in [0.15, 0.2) is 0 Å². The molecule has 4 aromatic rings. The van der Waals surface area contributed by atoms with Crippen LogP contribution in [0.1, 0.15) is 32.8 Å². The number of amides is 1. The van der Waals surface area contributed by atoms with E-state index in [1.807, 2.05) is 75.4 Å². The van der Waals surface area contributed by atoms with Crippen molar-refractivity contribution >= 4 is 34.2 Å². The minimum absolute atomic E-state index is 0.130. The third kappa shape index (κ3) is 5.67. The standard InChI is InChI=1S/C32H29N5O5/c1-31(2,3)42-30(38)36-18-22-17-32(22,19-36)14-13-21-15-27-26(16-28(21)37(39)40)29(34-20-33-27)35-23-9-11-25(12-10-23)41-24-7-5-4-6-8-24/h4-12,15-16,20,22H,17-19H2,1-3H3,(H,33,34,35). The van der Waals surface area contributed by atoms with E-state index in [1.165, 1.54) is 12.4 Å². The van der Waals surface area contributed by atoms with Gasteiger partial charge in [-0.2, -0.15) is 0 Å². The SMILES string of the molecule is CC(C)(C)OC(=O)N1CC2CC2(C#Cc2cc3ncnc(Nc4ccc(Oc5ccccc5)cc4)c3cc2[N+](=O)[O-])C1. The lowest BCUT2D eigenvalue weighted by atomic mass is 10.0. The van der Waals surface area contributed by atoms with E-state index < -0.39 is 10.5 Å². The molecule has 2 fully saturated rings. The molecule has 0 bridgehead atoms. The molecule has 1 aliphatic carbocycles. The lowest BCUT2D eigenvalue weighted by molar-refractivity contribution is -0.385. The highest BCUT2D eigenvalue weighted by molar-refractivity contribution is 5.93. The van der Waals surface area contributed by atoms with Crippen LogP contribution in [0.15, 0.2) is 73.1 Å². The summed E-state index contributed by atoms with van der Waals surface area (Å²) < 4.78 is 11.4. The molecule has 1 amide bonds. The highest BCUT2D eigenvalue weighted by Crippen LogP contribution is 2.57. The number of hydrogen-bond donors (Lipinski definition) is 1. The fourth-order valence-electron chi connectivity index (χ4n) is 5.14. The lowest BCUT2D eigenvalue weighted by Crippen LogP contribution is -2.37. The van der Waals surface area contributed by atoms with E-state index in [9.17, 15) is 14.9 Å². The third-order valence-electron chi connectivity index (χ3n) is 7.29. The van der Waals surface area contributed by atoms with Crippen LogP contribution in [0.3, 0.4) is 0 Å². The van der Waals surface area contributed by atoms with Gasteiger partial charge in [0.05, 0.1) is 15.9 Å². The molecular weight excluding hydrogens is 534 g/mol. The summed E-state index contributed by atoms with van der Waals surface area (Å²) in [5.74, 6) is 8.38. The van der Waals surface area contributed by atoms with Gasteiger partial charge in [-0.05, 0) is 75.6 Å². The van der Waals surface area contributed by atoms with Crippen molar-refractivity contribution in [3.05, 3.63) is 88.7 Å². The average molecular weight is 564 g/mol. The van der Waals surface area contributed by atoms with E-state index in [0.29, 0.717) is 35.6 Å². The smallest absolute Gasteiger partial charge is 0.410 e. The summed E-state index contributed by atoms with van der Waals surface area (Å²) in [6, 6.07) is 19.9. The van der Waals surface area contributed by atoms with Crippen molar-refractivity contribution in [3.63, 3.8) is 0 Å². The van der Waals surface area contributed by atoms with Crippen LogP contribution >= 0.6 is 0 Å². The Balaban J connectivity index is 1.23. The number of ether oxygens (including phenoxy) is 2. The number of rotatable bonds is 5. The minimum Gasteiger partial charge on any atom is -0.457 e. The highest BCUT2D eigenvalue weighted by atomic mass is 16.6. The predicted octanol–water partition coefficient (Wildman–Crippen LogP) is 6.68. The molecule has 212 valence electrons. The monoisotopic (exact) mass is 563 g/mol. The Labute approximate surface area is 242 Å². The van der Waals surface area contributed by atoms with Crippen LogP contribution in [0.2, 0.25) is 0 Å². The Morgan fingerprint density at radius 1 is 1.10 bits per heavy atom. The zero-order valence-corrected chi connectivity index (χ0v) is 23.5. The molecule has 2 aliphatic rings. The molecule has 0 radical (unpaired) electrons. The summed E-state index contributed by atoms with van der Waals surface area (Å²) in [5.41, 5.74) is 0.457. The number of nitro groups is 1. The molecule has 2 heterocycles. The van der Waals surface area contributed by atoms with Crippen molar-refractivity contribution in [2.24, 2.45) is 11.3 Å². The van der Waals surface area contributed by atoms with Crippen LogP contribution < -0.4 is 10.1 Å². The molecule has 10 nitrogen and oxygen atoms in total. The number of benzene rings is 3. The van der Waals surface area contributed by atoms with Crippen molar-refractivity contribution in [1.82, 2.24) is 14.9 Å². The zero-order chi connectivity index (χ0) is 29.5. The zero-order valence-electron chi connectivity index (χ0n) is 23.5. The molecule has 42 heavy (non-hydrogen) atoms. The summed E-state index contributed by atoms with van der Waals surface area (Å²) in [4.78, 5) is 34.5. The van der Waals surface area contributed by atoms with E-state index in [-0.39, 0.29) is 28.7 Å². The number of likely N-dealkylation sites (tertiary alicyclic amines) is 1. The second kappa shape index (κ2) is 10.3. The Hall–Kier alpha value is -5.17. The lowest BCUT2D eigenvalue weighted by Gasteiger charge is -2.25. The van der Waals surface area contributed by atoms with Crippen LogP contribution in [0.5, 0.6) is 11.5 Å². The van der Waals surface area contributed by atoms with Gasteiger partial charge in [0.1, 0.15) is 34.8 Å². The molecule has 10 heteroatoms. The van der Waals surface area contributed by atoms with Gasteiger partial charge < -0.3 is 19.7 Å². The predicted molar refractivity (Wildman–Crippen MR) is 158 cm³/mol. The van der Waals surface area contributed by atoms with Crippen LogP contribution in [0.25, 0.3) is 10.9 Å². The van der Waals surface area contributed by atoms with Crippen LogP contribution in [-0.2, 0) is 4.74 Å². The van der Waals surface area contributed by atoms with Crippen molar-refractivity contribution in [3.8, 4) is 23.3 Å². The topological polar surface area (TPSA) is 120 Å². The number of fused-ring (bicyclic) bond motifs is 2. The number of nitrogens with zero attached hydrogens (tertiary/aromatic N) is 4. The third-order valence-corrected chi connectivity index (χ3v) is 7.29. The van der Waals surface area contributed by atoms with Gasteiger partial charge in [-0.1, -0.05) is 30.0 Å². The number of anilines is 2. The van der Waals surface area contributed by atoms with Gasteiger partial charge in [0.25, 0.3) is 5.69 Å². The van der Waals surface area contributed by atoms with Gasteiger partial charge >= 0.3 is 6.09 Å². The fraction of sp³-hybridized carbons (Fsp3) is 0.281. The molecule has 6 rings (SSSR count). The molecular formula is C32H29N5O5. The molecule has 2 atom stereocenters. The van der Waals surface area contributed by atoms with Gasteiger partial charge in [0.2, 0.25) is 0 Å². The van der Waals surface area contributed by atoms with Crippen molar-refractivity contribution in [2.45, 2.75) is 32.8 Å². The van der Waals surface area contributed by atoms with Crippen molar-refractivity contribution in [1.29, 1.82) is 0 Å². The highest BCUT2D eigenvalue weighted by Gasteiger charge is 2.60. The molecule has 1 aromatic heterocycles. The molecule has 1 N–H and O–H groups in total. The second-order valence-corrected chi connectivity index (χ2v) is 11.6. The first-order valence-electron chi connectivity index (χ1n) is 13.6. The number of para-hydroxylation sites is 1. The molecule has 3 aromatic carbocycles. The van der Waals surface area contributed by atoms with E-state index in [0.717, 1.165) is 17.9 Å². The van der Waals surface area contributed by atoms with Gasteiger partial charge in [-0.3, -0.25) is 10.1 Å². The van der Waals surface area contributed by atoms with Crippen LogP contribution in [0.4, 0.5) is 22.0 Å². The summed E-state index contributed by atoms with van der Waals surface area (Å²) in [6.45, 7) is 6.52. The Morgan fingerprint density at radius 3 is 2.55 bits per heavy atom. The Kier molecular flexibility index (Phi) is 6.65. The van der Waals surface area contributed by atoms with E-state index in [4.69, 9.17) is 9.47 Å². The normalized spacial score (nSPS) is 18.9. The Bertz CT molecular complexity index is 1740. The van der Waals surface area contributed by atoms with Gasteiger partial charge in [0, 0.05) is 30.2 Å². The van der Waals surface area contributed by atoms with E-state index in [2.05, 4.69) is 27.1 Å². The summed E-state index contributed by atoms with van der Waals surface area (Å²) in [5, 5.41) is 15.8. The quantitative estimate of drug-likeness (QED) is 0.162. The van der Waals surface area contributed by atoms with E-state index >= 15 is 0 Å². The molecule has 1 saturated carbocycles. The summed E-state index contributed by atoms with van der Waals surface area (Å²) in [7, 11) is 0. The maximum Gasteiger partial charge on any atom is 0.410 e. The summed E-state index contributed by atoms with van der Waals surface area (Å²) in [6.07, 6.45) is 1.90. The number of carbonyl (C=O) groups excluding carboxylic acids is 1. The fourth-order valence-corrected chi connectivity index (χ4v) is 5.14. The number of nitro benzene ring substituents is 1. The van der Waals surface area contributed by atoms with Crippen molar-refractivity contribution < 1.29 is 19.2 Å². The maximum absolute atomic E-state index is 12.5. The van der Waals surface area contributed by atoms with Gasteiger partial charge in [-0.15, -0.1) is 0 Å². The first-order valence-corrected chi connectivity index (χ1v) is 13.6. The maximum atomic E-state index is 12.5. The number of piperidine rings is 1. The second-order valence-electron chi connectivity index (χ2n) is 11.6. The number of carbonyl (C=O) groups is 1. The van der Waals surface area contributed by atoms with Crippen LogP contribution in [0, 0.1) is 33.3 Å². The first kappa shape index (κ1) is 27.0. The first-order chi connectivity index (χ1) is 20.1. The largest absolute Gasteiger partial charge is 0.457 e.